The molecule has 0 amide bonds. The summed E-state index contributed by atoms with van der Waals surface area (Å²) >= 11 is 0. The van der Waals surface area contributed by atoms with E-state index in [1.807, 2.05) is 55.5 Å². The Bertz CT molecular complexity index is 1000. The van der Waals surface area contributed by atoms with Gasteiger partial charge in [0.05, 0.1) is 13.2 Å². The number of aromatic nitrogens is 2. The van der Waals surface area contributed by atoms with Gasteiger partial charge in [-0.3, -0.25) is 9.69 Å². The number of ketones is 1. The fourth-order valence-electron chi connectivity index (χ4n) is 3.99. The number of benzene rings is 2. The van der Waals surface area contributed by atoms with Gasteiger partial charge >= 0.3 is 0 Å². The first-order valence-electron chi connectivity index (χ1n) is 10.4. The predicted octanol–water partition coefficient (Wildman–Crippen LogP) is 4.71. The van der Waals surface area contributed by atoms with Crippen LogP contribution in [0.1, 0.15) is 47.6 Å². The number of Topliss-reactive ketones (excluding diaryl/α,β-unsaturated/α-hetero) is 1. The second-order valence-electron chi connectivity index (χ2n) is 7.89. The standard InChI is InChI=1S/C24H27N3O3/c1-16-5-4-6-20(15-16)24-26-25-23(30-24)17(2)27-13-11-19(12-14-27)22(28)18-7-9-21(29-3)10-8-18/h4-10,15,17,19H,11-14H2,1-3H3/t17-/m1/s1. The largest absolute Gasteiger partial charge is 0.497 e. The molecule has 1 atom stereocenters. The van der Waals surface area contributed by atoms with E-state index >= 15 is 0 Å². The summed E-state index contributed by atoms with van der Waals surface area (Å²) in [6, 6.07) is 15.4. The van der Waals surface area contributed by atoms with E-state index in [1.54, 1.807) is 7.11 Å². The number of carbonyl (C=O) groups excluding carboxylic acids is 1. The molecular formula is C24H27N3O3. The van der Waals surface area contributed by atoms with Gasteiger partial charge in [-0.15, -0.1) is 10.2 Å². The van der Waals surface area contributed by atoms with E-state index in [0.29, 0.717) is 11.8 Å². The number of aryl methyl sites for hydroxylation is 1. The van der Waals surface area contributed by atoms with Gasteiger partial charge in [0.15, 0.2) is 5.78 Å². The number of methoxy groups -OCH3 is 1. The third-order valence-corrected chi connectivity index (χ3v) is 5.89. The highest BCUT2D eigenvalue weighted by Gasteiger charge is 2.30. The molecule has 6 heteroatoms. The first-order chi connectivity index (χ1) is 14.5. The van der Waals surface area contributed by atoms with E-state index in [9.17, 15) is 4.79 Å². The van der Waals surface area contributed by atoms with E-state index in [1.165, 1.54) is 0 Å². The minimum Gasteiger partial charge on any atom is -0.497 e. The highest BCUT2D eigenvalue weighted by Crippen LogP contribution is 2.29. The molecule has 2 aromatic carbocycles. The molecule has 6 nitrogen and oxygen atoms in total. The maximum Gasteiger partial charge on any atom is 0.247 e. The third kappa shape index (κ3) is 4.28. The van der Waals surface area contributed by atoms with E-state index in [0.717, 1.165) is 48.4 Å². The Morgan fingerprint density at radius 2 is 1.87 bits per heavy atom. The molecule has 4 rings (SSSR count). The average Bonchev–Trinajstić information content (AvgIpc) is 3.29. The molecule has 30 heavy (non-hydrogen) atoms. The molecule has 2 heterocycles. The lowest BCUT2D eigenvalue weighted by Crippen LogP contribution is -2.38. The van der Waals surface area contributed by atoms with Gasteiger partial charge < -0.3 is 9.15 Å². The first kappa shape index (κ1) is 20.3. The van der Waals surface area contributed by atoms with Crippen molar-refractivity contribution in [1.29, 1.82) is 0 Å². The summed E-state index contributed by atoms with van der Waals surface area (Å²) in [4.78, 5) is 15.1. The highest BCUT2D eigenvalue weighted by atomic mass is 16.5. The lowest BCUT2D eigenvalue weighted by Gasteiger charge is -2.34. The maximum atomic E-state index is 12.8. The zero-order valence-corrected chi connectivity index (χ0v) is 17.7. The summed E-state index contributed by atoms with van der Waals surface area (Å²) < 4.78 is 11.1. The van der Waals surface area contributed by atoms with Crippen LogP contribution in [0.15, 0.2) is 52.9 Å². The van der Waals surface area contributed by atoms with Gasteiger partial charge in [-0.2, -0.15) is 0 Å². The van der Waals surface area contributed by atoms with Gasteiger partial charge in [-0.25, -0.2) is 0 Å². The number of nitrogens with zero attached hydrogens (tertiary/aromatic N) is 3. The molecule has 3 aromatic rings. The summed E-state index contributed by atoms with van der Waals surface area (Å²) in [6.07, 6.45) is 1.65. The van der Waals surface area contributed by atoms with Crippen molar-refractivity contribution in [2.45, 2.75) is 32.7 Å². The number of ether oxygens (including phenoxy) is 1. The van der Waals surface area contributed by atoms with E-state index in [-0.39, 0.29) is 17.7 Å². The number of hydrogen-bond acceptors (Lipinski definition) is 6. The first-order valence-corrected chi connectivity index (χ1v) is 10.4. The Morgan fingerprint density at radius 3 is 2.53 bits per heavy atom. The van der Waals surface area contributed by atoms with Gasteiger partial charge in [0, 0.05) is 17.0 Å². The molecule has 156 valence electrons. The molecule has 1 aliphatic heterocycles. The third-order valence-electron chi connectivity index (χ3n) is 5.89. The molecule has 0 bridgehead atoms. The van der Waals surface area contributed by atoms with Crippen LogP contribution in [0.3, 0.4) is 0 Å². The van der Waals surface area contributed by atoms with Crippen LogP contribution in [-0.2, 0) is 0 Å². The molecule has 1 aromatic heterocycles. The van der Waals surface area contributed by atoms with Crippen LogP contribution in [0.4, 0.5) is 0 Å². The molecule has 0 spiro atoms. The summed E-state index contributed by atoms with van der Waals surface area (Å²) in [6.45, 7) is 5.78. The summed E-state index contributed by atoms with van der Waals surface area (Å²) in [5.41, 5.74) is 2.84. The van der Waals surface area contributed by atoms with Crippen LogP contribution in [0.5, 0.6) is 5.75 Å². The average molecular weight is 405 g/mol. The SMILES string of the molecule is COc1ccc(C(=O)C2CCN([C@H](C)c3nnc(-c4cccc(C)c4)o3)CC2)cc1. The Morgan fingerprint density at radius 1 is 1.13 bits per heavy atom. The van der Waals surface area contributed by atoms with E-state index < -0.39 is 0 Å². The molecule has 0 N–H and O–H groups in total. The Balaban J connectivity index is 1.37. The summed E-state index contributed by atoms with van der Waals surface area (Å²) in [7, 11) is 1.63. The number of rotatable bonds is 6. The van der Waals surface area contributed by atoms with Crippen molar-refractivity contribution in [3.63, 3.8) is 0 Å². The summed E-state index contributed by atoms with van der Waals surface area (Å²) in [5.74, 6) is 2.19. The highest BCUT2D eigenvalue weighted by molar-refractivity contribution is 5.98. The second kappa shape index (κ2) is 8.79. The lowest BCUT2D eigenvalue weighted by molar-refractivity contribution is 0.0782. The van der Waals surface area contributed by atoms with Crippen molar-refractivity contribution in [2.75, 3.05) is 20.2 Å². The smallest absolute Gasteiger partial charge is 0.247 e. The van der Waals surface area contributed by atoms with Gasteiger partial charge in [-0.05, 0) is 76.2 Å². The number of piperidine rings is 1. The van der Waals surface area contributed by atoms with E-state index in [2.05, 4.69) is 22.0 Å². The Kier molecular flexibility index (Phi) is 5.95. The van der Waals surface area contributed by atoms with Crippen LogP contribution in [0.25, 0.3) is 11.5 Å². The number of hydrogen-bond donors (Lipinski definition) is 0. The van der Waals surface area contributed by atoms with Crippen LogP contribution in [-0.4, -0.2) is 41.1 Å². The van der Waals surface area contributed by atoms with Crippen LogP contribution in [0, 0.1) is 12.8 Å². The predicted molar refractivity (Wildman–Crippen MR) is 115 cm³/mol. The lowest BCUT2D eigenvalue weighted by atomic mass is 9.88. The quantitative estimate of drug-likeness (QED) is 0.553. The van der Waals surface area contributed by atoms with Crippen molar-refractivity contribution < 1.29 is 13.9 Å². The minimum absolute atomic E-state index is 0.0214. The normalized spacial score (nSPS) is 16.4. The van der Waals surface area contributed by atoms with Crippen molar-refractivity contribution in [3.05, 3.63) is 65.5 Å². The Hall–Kier alpha value is -2.99. The second-order valence-corrected chi connectivity index (χ2v) is 7.89. The molecule has 0 unspecified atom stereocenters. The topological polar surface area (TPSA) is 68.5 Å². The number of carbonyl (C=O) groups is 1. The van der Waals surface area contributed by atoms with Gasteiger partial charge in [0.2, 0.25) is 11.8 Å². The molecule has 0 saturated carbocycles. The fraction of sp³-hybridized carbons (Fsp3) is 0.375. The van der Waals surface area contributed by atoms with Crippen molar-refractivity contribution in [3.8, 4) is 17.2 Å². The molecule has 1 fully saturated rings. The maximum absolute atomic E-state index is 12.8. The molecule has 1 saturated heterocycles. The van der Waals surface area contributed by atoms with Gasteiger partial charge in [0.25, 0.3) is 0 Å². The van der Waals surface area contributed by atoms with Crippen LogP contribution in [0.2, 0.25) is 0 Å². The minimum atomic E-state index is 0.0214. The van der Waals surface area contributed by atoms with Crippen LogP contribution < -0.4 is 4.74 Å². The monoisotopic (exact) mass is 405 g/mol. The van der Waals surface area contributed by atoms with Crippen molar-refractivity contribution in [1.82, 2.24) is 15.1 Å². The van der Waals surface area contributed by atoms with E-state index in [4.69, 9.17) is 9.15 Å². The van der Waals surface area contributed by atoms with Gasteiger partial charge in [0.1, 0.15) is 5.75 Å². The Labute approximate surface area is 176 Å². The number of likely N-dealkylation sites (tertiary alicyclic amines) is 1. The fourth-order valence-corrected chi connectivity index (χ4v) is 3.99. The zero-order chi connectivity index (χ0) is 21.1. The molecule has 0 radical (unpaired) electrons. The van der Waals surface area contributed by atoms with Crippen LogP contribution >= 0.6 is 0 Å². The zero-order valence-electron chi connectivity index (χ0n) is 17.7. The molecule has 0 aliphatic carbocycles. The van der Waals surface area contributed by atoms with Crippen molar-refractivity contribution >= 4 is 5.78 Å². The van der Waals surface area contributed by atoms with Gasteiger partial charge in [-0.1, -0.05) is 17.7 Å². The molecule has 1 aliphatic rings. The summed E-state index contributed by atoms with van der Waals surface area (Å²) in [5, 5.41) is 8.51. The van der Waals surface area contributed by atoms with Crippen molar-refractivity contribution in [2.24, 2.45) is 5.92 Å². The molecular weight excluding hydrogens is 378 g/mol.